The van der Waals surface area contributed by atoms with Crippen LogP contribution in [0, 0.1) is 0 Å². The largest absolute Gasteiger partial charge is 0.344 e. The van der Waals surface area contributed by atoms with Crippen LogP contribution in [-0.4, -0.2) is 11.5 Å². The molecule has 0 unspecified atom stereocenters. The van der Waals surface area contributed by atoms with E-state index in [0.29, 0.717) is 0 Å². The van der Waals surface area contributed by atoms with Gasteiger partial charge in [0.1, 0.15) is 0 Å². The molecule has 0 amide bonds. The maximum Gasteiger partial charge on any atom is 0.0361 e. The van der Waals surface area contributed by atoms with E-state index in [1.165, 1.54) is 22.2 Å². The van der Waals surface area contributed by atoms with Gasteiger partial charge in [-0.3, -0.25) is 0 Å². The maximum atomic E-state index is 2.31. The van der Waals surface area contributed by atoms with E-state index < -0.39 is 0 Å². The summed E-state index contributed by atoms with van der Waals surface area (Å²) in [7, 11) is 0. The lowest BCUT2D eigenvalue weighted by Crippen LogP contribution is -1.64. The van der Waals surface area contributed by atoms with Gasteiger partial charge in [0.2, 0.25) is 0 Å². The zero-order valence-corrected chi connectivity index (χ0v) is 7.36. The van der Waals surface area contributed by atoms with Gasteiger partial charge in [0.25, 0.3) is 0 Å². The molecule has 1 rings (SSSR count). The first kappa shape index (κ1) is 9.40. The fourth-order valence-electron chi connectivity index (χ4n) is 0.611. The summed E-state index contributed by atoms with van der Waals surface area (Å²) in [4.78, 5) is 0. The predicted octanol–water partition coefficient (Wildman–Crippen LogP) is 2.88. The van der Waals surface area contributed by atoms with Gasteiger partial charge in [0, 0.05) is 15.7 Å². The molecular weight excluding hydrogens is 150 g/mol. The normalized spacial score (nSPS) is 17.2. The van der Waals surface area contributed by atoms with Crippen LogP contribution in [0.4, 0.5) is 0 Å². The lowest BCUT2D eigenvalue weighted by molar-refractivity contribution is 1.23. The molecule has 0 bridgehead atoms. The second kappa shape index (κ2) is 5.21. The van der Waals surface area contributed by atoms with Crippen molar-refractivity contribution in [2.75, 3.05) is 11.5 Å². The molecular formula is C6H13NS2. The third kappa shape index (κ3) is 3.18. The number of hydrogen-bond acceptors (Lipinski definition) is 3. The minimum atomic E-state index is 0. The van der Waals surface area contributed by atoms with Crippen molar-refractivity contribution in [1.82, 2.24) is 6.15 Å². The molecule has 0 saturated carbocycles. The Morgan fingerprint density at radius 2 is 2.00 bits per heavy atom. The Hall–Kier alpha value is 0.400. The Balaban J connectivity index is 0.000000640. The van der Waals surface area contributed by atoms with Gasteiger partial charge >= 0.3 is 0 Å². The minimum Gasteiger partial charge on any atom is -0.344 e. The van der Waals surface area contributed by atoms with Crippen LogP contribution in [0.5, 0.6) is 0 Å². The van der Waals surface area contributed by atoms with Gasteiger partial charge in [-0.05, 0) is 6.42 Å². The van der Waals surface area contributed by atoms with Crippen molar-refractivity contribution < 1.29 is 0 Å². The topological polar surface area (TPSA) is 35.0 Å². The van der Waals surface area contributed by atoms with Gasteiger partial charge in [-0.15, -0.1) is 23.5 Å². The lowest BCUT2D eigenvalue weighted by atomic mass is 10.5. The van der Waals surface area contributed by atoms with Crippen molar-refractivity contribution >= 4 is 23.5 Å². The van der Waals surface area contributed by atoms with Gasteiger partial charge in [0.05, 0.1) is 0 Å². The highest BCUT2D eigenvalue weighted by atomic mass is 32.2. The van der Waals surface area contributed by atoms with Crippen LogP contribution in [0.15, 0.2) is 10.3 Å². The van der Waals surface area contributed by atoms with Crippen molar-refractivity contribution in [3.05, 3.63) is 10.3 Å². The molecule has 0 radical (unpaired) electrons. The summed E-state index contributed by atoms with van der Waals surface area (Å²) < 4.78 is 1.53. The summed E-state index contributed by atoms with van der Waals surface area (Å²) >= 11 is 3.98. The van der Waals surface area contributed by atoms with Crippen molar-refractivity contribution in [2.24, 2.45) is 0 Å². The first-order chi connectivity index (χ1) is 3.93. The molecule has 3 heteroatoms. The zero-order valence-electron chi connectivity index (χ0n) is 5.72. The maximum absolute atomic E-state index is 2.31. The third-order valence-corrected chi connectivity index (χ3v) is 3.63. The standard InChI is InChI=1S/C6H10S2.H3N/c1-2-3-6-7-4-5-8-6;/h3H,2,4-5H2,1H3;1H3. The molecule has 54 valence electrons. The second-order valence-corrected chi connectivity index (χ2v) is 4.16. The Morgan fingerprint density at radius 1 is 1.44 bits per heavy atom. The fraction of sp³-hybridized carbons (Fsp3) is 0.667. The summed E-state index contributed by atoms with van der Waals surface area (Å²) in [6, 6.07) is 0. The minimum absolute atomic E-state index is 0. The van der Waals surface area contributed by atoms with E-state index in [9.17, 15) is 0 Å². The zero-order chi connectivity index (χ0) is 5.82. The first-order valence-corrected chi connectivity index (χ1v) is 4.86. The van der Waals surface area contributed by atoms with Crippen LogP contribution in [0.25, 0.3) is 0 Å². The Labute approximate surface area is 65.3 Å². The van der Waals surface area contributed by atoms with Crippen LogP contribution >= 0.6 is 23.5 Å². The van der Waals surface area contributed by atoms with E-state index in [4.69, 9.17) is 0 Å². The van der Waals surface area contributed by atoms with E-state index in [-0.39, 0.29) is 6.15 Å². The molecule has 3 N–H and O–H groups in total. The highest BCUT2D eigenvalue weighted by molar-refractivity contribution is 8.25. The molecule has 1 fully saturated rings. The van der Waals surface area contributed by atoms with Crippen molar-refractivity contribution in [2.45, 2.75) is 13.3 Å². The third-order valence-electron chi connectivity index (χ3n) is 0.943. The molecule has 1 saturated heterocycles. The molecule has 0 aromatic carbocycles. The summed E-state index contributed by atoms with van der Waals surface area (Å²) in [6.45, 7) is 2.19. The van der Waals surface area contributed by atoms with Crippen LogP contribution in [-0.2, 0) is 0 Å². The van der Waals surface area contributed by atoms with Crippen molar-refractivity contribution in [3.8, 4) is 0 Å². The second-order valence-electron chi connectivity index (χ2n) is 1.63. The van der Waals surface area contributed by atoms with E-state index in [1.54, 1.807) is 0 Å². The molecule has 0 spiro atoms. The molecule has 1 heterocycles. The predicted molar refractivity (Wildman–Crippen MR) is 48.3 cm³/mol. The Bertz CT molecular complexity index is 93.2. The molecule has 0 aromatic rings. The summed E-state index contributed by atoms with van der Waals surface area (Å²) in [5.41, 5.74) is 0. The highest BCUT2D eigenvalue weighted by Gasteiger charge is 2.05. The van der Waals surface area contributed by atoms with Crippen LogP contribution in [0.1, 0.15) is 13.3 Å². The molecule has 1 nitrogen and oxygen atoms in total. The highest BCUT2D eigenvalue weighted by Crippen LogP contribution is 2.35. The number of hydrogen-bond donors (Lipinski definition) is 1. The molecule has 0 aromatic heterocycles. The molecule has 1 aliphatic rings. The first-order valence-electron chi connectivity index (χ1n) is 2.89. The summed E-state index contributed by atoms with van der Waals surface area (Å²) in [5, 5.41) is 0. The van der Waals surface area contributed by atoms with Gasteiger partial charge in [-0.2, -0.15) is 0 Å². The number of thioether (sulfide) groups is 2. The van der Waals surface area contributed by atoms with Crippen molar-refractivity contribution in [3.63, 3.8) is 0 Å². The quantitative estimate of drug-likeness (QED) is 0.645. The summed E-state index contributed by atoms with van der Waals surface area (Å²) in [5.74, 6) is 2.63. The fourth-order valence-corrected chi connectivity index (χ4v) is 3.08. The number of allylic oxidation sites excluding steroid dienone is 1. The lowest BCUT2D eigenvalue weighted by Gasteiger charge is -1.87. The van der Waals surface area contributed by atoms with E-state index >= 15 is 0 Å². The van der Waals surface area contributed by atoms with Crippen LogP contribution in [0.2, 0.25) is 0 Å². The molecule has 9 heavy (non-hydrogen) atoms. The molecule has 0 aliphatic carbocycles. The smallest absolute Gasteiger partial charge is 0.0361 e. The molecule has 1 aliphatic heterocycles. The monoisotopic (exact) mass is 163 g/mol. The SMILES string of the molecule is CCC=C1SCCS1.N. The van der Waals surface area contributed by atoms with Gasteiger partial charge in [-0.25, -0.2) is 0 Å². The van der Waals surface area contributed by atoms with E-state index in [2.05, 4.69) is 13.0 Å². The average molecular weight is 163 g/mol. The number of rotatable bonds is 1. The van der Waals surface area contributed by atoms with Crippen molar-refractivity contribution in [1.29, 1.82) is 0 Å². The molecule has 0 atom stereocenters. The summed E-state index contributed by atoms with van der Waals surface area (Å²) in [6.07, 6.45) is 3.50. The Kier molecular flexibility index (Phi) is 5.44. The van der Waals surface area contributed by atoms with Gasteiger partial charge < -0.3 is 6.15 Å². The Morgan fingerprint density at radius 3 is 2.44 bits per heavy atom. The van der Waals surface area contributed by atoms with E-state index in [0.717, 1.165) is 0 Å². The average Bonchev–Trinajstić information content (AvgIpc) is 2.19. The van der Waals surface area contributed by atoms with Crippen LogP contribution in [0.3, 0.4) is 0 Å². The van der Waals surface area contributed by atoms with Crippen LogP contribution < -0.4 is 6.15 Å². The van der Waals surface area contributed by atoms with E-state index in [1.807, 2.05) is 23.5 Å². The van der Waals surface area contributed by atoms with Gasteiger partial charge in [-0.1, -0.05) is 13.0 Å². The van der Waals surface area contributed by atoms with Gasteiger partial charge in [0.15, 0.2) is 0 Å².